The van der Waals surface area contributed by atoms with Gasteiger partial charge in [0.05, 0.1) is 6.61 Å². The SMILES string of the molecule is COCCN(C(=O)CCC1CCCCN1)C(C)C1CC1. The molecule has 0 aromatic carbocycles. The van der Waals surface area contributed by atoms with Gasteiger partial charge in [0, 0.05) is 32.2 Å². The number of nitrogens with zero attached hydrogens (tertiary/aromatic N) is 1. The molecule has 4 heteroatoms. The van der Waals surface area contributed by atoms with E-state index in [1.165, 1.54) is 32.1 Å². The van der Waals surface area contributed by atoms with E-state index >= 15 is 0 Å². The molecule has 1 aliphatic carbocycles. The third kappa shape index (κ3) is 4.74. The van der Waals surface area contributed by atoms with Gasteiger partial charge in [0.2, 0.25) is 5.91 Å². The monoisotopic (exact) mass is 282 g/mol. The van der Waals surface area contributed by atoms with Gasteiger partial charge in [0.25, 0.3) is 0 Å². The second-order valence-electron chi connectivity index (χ2n) is 6.34. The topological polar surface area (TPSA) is 41.6 Å². The van der Waals surface area contributed by atoms with E-state index in [0.29, 0.717) is 31.0 Å². The second-order valence-corrected chi connectivity index (χ2v) is 6.34. The largest absolute Gasteiger partial charge is 0.383 e. The molecule has 1 aliphatic heterocycles. The molecule has 2 aliphatic rings. The van der Waals surface area contributed by atoms with Crippen molar-refractivity contribution in [3.8, 4) is 0 Å². The standard InChI is InChI=1S/C16H30N2O2/c1-13(14-6-7-14)18(11-12-20-2)16(19)9-8-15-5-3-4-10-17-15/h13-15,17H,3-12H2,1-2H3. The molecule has 1 saturated heterocycles. The van der Waals surface area contributed by atoms with Crippen LogP contribution in [0.3, 0.4) is 0 Å². The number of piperidine rings is 1. The van der Waals surface area contributed by atoms with Gasteiger partial charge < -0.3 is 15.0 Å². The fourth-order valence-corrected chi connectivity index (χ4v) is 3.19. The lowest BCUT2D eigenvalue weighted by atomic mass is 10.00. The predicted molar refractivity (Wildman–Crippen MR) is 80.7 cm³/mol. The summed E-state index contributed by atoms with van der Waals surface area (Å²) in [5, 5.41) is 3.53. The number of carbonyl (C=O) groups excluding carboxylic acids is 1. The fourth-order valence-electron chi connectivity index (χ4n) is 3.19. The van der Waals surface area contributed by atoms with Crippen molar-refractivity contribution >= 4 is 5.91 Å². The Hall–Kier alpha value is -0.610. The first-order valence-electron chi connectivity index (χ1n) is 8.24. The molecule has 2 rings (SSSR count). The molecular weight excluding hydrogens is 252 g/mol. The van der Waals surface area contributed by atoms with E-state index in [0.717, 1.165) is 25.4 Å². The second kappa shape index (κ2) is 7.99. The summed E-state index contributed by atoms with van der Waals surface area (Å²) in [4.78, 5) is 14.6. The molecule has 0 radical (unpaired) electrons. The average Bonchev–Trinajstić information content (AvgIpc) is 3.31. The molecule has 1 saturated carbocycles. The quantitative estimate of drug-likeness (QED) is 0.742. The first-order valence-corrected chi connectivity index (χ1v) is 8.24. The molecule has 1 heterocycles. The molecule has 2 unspecified atom stereocenters. The van der Waals surface area contributed by atoms with Crippen LogP contribution < -0.4 is 5.32 Å². The molecule has 20 heavy (non-hydrogen) atoms. The van der Waals surface area contributed by atoms with Crippen LogP contribution in [0.2, 0.25) is 0 Å². The van der Waals surface area contributed by atoms with Gasteiger partial charge in [-0.1, -0.05) is 6.42 Å². The van der Waals surface area contributed by atoms with E-state index < -0.39 is 0 Å². The number of methoxy groups -OCH3 is 1. The van der Waals surface area contributed by atoms with Gasteiger partial charge in [-0.15, -0.1) is 0 Å². The van der Waals surface area contributed by atoms with Crippen molar-refractivity contribution in [2.75, 3.05) is 26.8 Å². The maximum atomic E-state index is 12.5. The lowest BCUT2D eigenvalue weighted by Gasteiger charge is -2.30. The smallest absolute Gasteiger partial charge is 0.222 e. The van der Waals surface area contributed by atoms with Crippen LogP contribution in [0.4, 0.5) is 0 Å². The zero-order valence-electron chi connectivity index (χ0n) is 13.1. The maximum absolute atomic E-state index is 12.5. The highest BCUT2D eigenvalue weighted by Crippen LogP contribution is 2.35. The number of carbonyl (C=O) groups is 1. The number of nitrogens with one attached hydrogen (secondary N) is 1. The van der Waals surface area contributed by atoms with Crippen molar-refractivity contribution in [2.45, 2.75) is 64.0 Å². The van der Waals surface area contributed by atoms with E-state index in [1.807, 2.05) is 0 Å². The van der Waals surface area contributed by atoms with Crippen LogP contribution in [0.15, 0.2) is 0 Å². The number of hydrogen-bond acceptors (Lipinski definition) is 3. The van der Waals surface area contributed by atoms with Gasteiger partial charge in [0.1, 0.15) is 0 Å². The summed E-state index contributed by atoms with van der Waals surface area (Å²) in [7, 11) is 1.70. The number of amides is 1. The van der Waals surface area contributed by atoms with Crippen LogP contribution in [0.25, 0.3) is 0 Å². The molecular formula is C16H30N2O2. The first kappa shape index (κ1) is 15.8. The summed E-state index contributed by atoms with van der Waals surface area (Å²) in [6.45, 7) is 4.70. The van der Waals surface area contributed by atoms with Gasteiger partial charge in [-0.3, -0.25) is 4.79 Å². The van der Waals surface area contributed by atoms with Crippen LogP contribution >= 0.6 is 0 Å². The lowest BCUT2D eigenvalue weighted by molar-refractivity contribution is -0.134. The maximum Gasteiger partial charge on any atom is 0.222 e. The third-order valence-corrected chi connectivity index (χ3v) is 4.77. The van der Waals surface area contributed by atoms with Gasteiger partial charge in [-0.05, 0) is 51.5 Å². The minimum Gasteiger partial charge on any atom is -0.383 e. The third-order valence-electron chi connectivity index (χ3n) is 4.77. The molecule has 2 fully saturated rings. The van der Waals surface area contributed by atoms with Gasteiger partial charge in [-0.25, -0.2) is 0 Å². The van der Waals surface area contributed by atoms with E-state index in [2.05, 4.69) is 17.1 Å². The van der Waals surface area contributed by atoms with Gasteiger partial charge in [-0.2, -0.15) is 0 Å². The van der Waals surface area contributed by atoms with Crippen molar-refractivity contribution in [3.05, 3.63) is 0 Å². The van der Waals surface area contributed by atoms with Crippen LogP contribution in [0, 0.1) is 5.92 Å². The Balaban J connectivity index is 1.78. The summed E-state index contributed by atoms with van der Waals surface area (Å²) in [5.41, 5.74) is 0. The lowest BCUT2D eigenvalue weighted by Crippen LogP contribution is -2.43. The predicted octanol–water partition coefficient (Wildman–Crippen LogP) is 2.18. The summed E-state index contributed by atoms with van der Waals surface area (Å²) in [6, 6.07) is 0.935. The van der Waals surface area contributed by atoms with Crippen molar-refractivity contribution in [2.24, 2.45) is 5.92 Å². The molecule has 0 aromatic rings. The highest BCUT2D eigenvalue weighted by atomic mass is 16.5. The summed E-state index contributed by atoms with van der Waals surface area (Å²) < 4.78 is 5.16. The van der Waals surface area contributed by atoms with Crippen molar-refractivity contribution in [3.63, 3.8) is 0 Å². The van der Waals surface area contributed by atoms with Crippen molar-refractivity contribution < 1.29 is 9.53 Å². The molecule has 1 amide bonds. The molecule has 1 N–H and O–H groups in total. The average molecular weight is 282 g/mol. The Morgan fingerprint density at radius 1 is 1.35 bits per heavy atom. The van der Waals surface area contributed by atoms with Crippen LogP contribution in [-0.4, -0.2) is 49.7 Å². The van der Waals surface area contributed by atoms with E-state index in [9.17, 15) is 4.79 Å². The Labute approximate surface area is 123 Å². The molecule has 0 spiro atoms. The number of ether oxygens (including phenoxy) is 1. The highest BCUT2D eigenvalue weighted by Gasteiger charge is 2.34. The van der Waals surface area contributed by atoms with Gasteiger partial charge in [0.15, 0.2) is 0 Å². The van der Waals surface area contributed by atoms with Gasteiger partial charge >= 0.3 is 0 Å². The fraction of sp³-hybridized carbons (Fsp3) is 0.938. The highest BCUT2D eigenvalue weighted by molar-refractivity contribution is 5.76. The summed E-state index contributed by atoms with van der Waals surface area (Å²) in [6.07, 6.45) is 8.03. The summed E-state index contributed by atoms with van der Waals surface area (Å²) in [5.74, 6) is 1.04. The van der Waals surface area contributed by atoms with Crippen LogP contribution in [0.1, 0.15) is 51.9 Å². The zero-order chi connectivity index (χ0) is 14.4. The zero-order valence-corrected chi connectivity index (χ0v) is 13.1. The first-order chi connectivity index (χ1) is 9.72. The normalized spacial score (nSPS) is 24.4. The van der Waals surface area contributed by atoms with Crippen molar-refractivity contribution in [1.29, 1.82) is 0 Å². The van der Waals surface area contributed by atoms with Crippen LogP contribution in [0.5, 0.6) is 0 Å². The number of hydrogen-bond donors (Lipinski definition) is 1. The molecule has 0 bridgehead atoms. The summed E-state index contributed by atoms with van der Waals surface area (Å²) >= 11 is 0. The Morgan fingerprint density at radius 2 is 2.15 bits per heavy atom. The number of rotatable bonds is 8. The molecule has 116 valence electrons. The molecule has 0 aromatic heterocycles. The van der Waals surface area contributed by atoms with Crippen molar-refractivity contribution in [1.82, 2.24) is 10.2 Å². The Morgan fingerprint density at radius 3 is 2.75 bits per heavy atom. The van der Waals surface area contributed by atoms with E-state index in [-0.39, 0.29) is 0 Å². The molecule has 2 atom stereocenters. The van der Waals surface area contributed by atoms with E-state index in [4.69, 9.17) is 4.74 Å². The Kier molecular flexibility index (Phi) is 6.30. The van der Waals surface area contributed by atoms with E-state index in [1.54, 1.807) is 7.11 Å². The van der Waals surface area contributed by atoms with Crippen LogP contribution in [-0.2, 0) is 9.53 Å². The minimum absolute atomic E-state index is 0.314. The minimum atomic E-state index is 0.314. The Bertz CT molecular complexity index is 299. The molecule has 4 nitrogen and oxygen atoms in total.